The van der Waals surface area contributed by atoms with Crippen LogP contribution in [-0.4, -0.2) is 19.0 Å². The number of rotatable bonds is 1. The minimum Gasteiger partial charge on any atom is -0.482 e. The van der Waals surface area contributed by atoms with Crippen LogP contribution >= 0.6 is 0 Å². The van der Waals surface area contributed by atoms with Crippen LogP contribution in [0.15, 0.2) is 29.3 Å². The topological polar surface area (TPSA) is 47.6 Å². The Kier molecular flexibility index (Phi) is 1.93. The molecular weight excluding hydrogens is 164 g/mol. The van der Waals surface area contributed by atoms with Gasteiger partial charge in [0.15, 0.2) is 6.10 Å². The number of amidine groups is 1. The Morgan fingerprint density at radius 1 is 1.54 bits per heavy atom. The number of nitrogens with two attached hydrogens (primary N) is 1. The lowest BCUT2D eigenvalue weighted by molar-refractivity contribution is 0.300. The summed E-state index contributed by atoms with van der Waals surface area (Å²) >= 11 is 0. The summed E-state index contributed by atoms with van der Waals surface area (Å²) in [6, 6.07) is 7.97. The first kappa shape index (κ1) is 8.10. The van der Waals surface area contributed by atoms with E-state index in [2.05, 4.69) is 11.1 Å². The van der Waals surface area contributed by atoms with E-state index in [0.29, 0.717) is 5.84 Å². The second-order valence-electron chi connectivity index (χ2n) is 3.07. The van der Waals surface area contributed by atoms with Crippen LogP contribution < -0.4 is 10.5 Å². The maximum atomic E-state index is 5.68. The average molecular weight is 176 g/mol. The molecule has 0 bridgehead atoms. The highest BCUT2D eigenvalue weighted by atomic mass is 16.5. The van der Waals surface area contributed by atoms with Crippen molar-refractivity contribution in [3.63, 3.8) is 0 Å². The fourth-order valence-electron chi connectivity index (χ4n) is 1.49. The summed E-state index contributed by atoms with van der Waals surface area (Å²) in [5.41, 5.74) is 6.89. The van der Waals surface area contributed by atoms with Gasteiger partial charge in [0.05, 0.1) is 0 Å². The lowest BCUT2D eigenvalue weighted by Crippen LogP contribution is -2.32. The SMILES string of the molecule is CN=C(N)C1Cc2ccccc2O1. The Bertz CT molecular complexity index is 322. The number of ether oxygens (including phenoxy) is 1. The van der Waals surface area contributed by atoms with Gasteiger partial charge in [-0.2, -0.15) is 0 Å². The quantitative estimate of drug-likeness (QED) is 0.512. The van der Waals surface area contributed by atoms with Gasteiger partial charge in [-0.1, -0.05) is 18.2 Å². The standard InChI is InChI=1S/C10H12N2O/c1-12-10(11)9-6-7-4-2-3-5-8(7)13-9/h2-5,9H,6H2,1H3,(H2,11,12). The van der Waals surface area contributed by atoms with Crippen molar-refractivity contribution < 1.29 is 4.74 Å². The van der Waals surface area contributed by atoms with Crippen LogP contribution in [0.1, 0.15) is 5.56 Å². The van der Waals surface area contributed by atoms with E-state index in [0.717, 1.165) is 12.2 Å². The Morgan fingerprint density at radius 2 is 2.31 bits per heavy atom. The summed E-state index contributed by atoms with van der Waals surface area (Å²) in [6.45, 7) is 0. The molecule has 1 unspecified atom stereocenters. The summed E-state index contributed by atoms with van der Waals surface area (Å²) in [4.78, 5) is 3.92. The van der Waals surface area contributed by atoms with Crippen molar-refractivity contribution in [3.05, 3.63) is 29.8 Å². The molecule has 0 amide bonds. The molecule has 0 radical (unpaired) electrons. The Labute approximate surface area is 77.2 Å². The number of hydrogen-bond acceptors (Lipinski definition) is 2. The lowest BCUT2D eigenvalue weighted by Gasteiger charge is -2.08. The predicted octanol–water partition coefficient (Wildman–Crippen LogP) is 0.977. The van der Waals surface area contributed by atoms with Gasteiger partial charge >= 0.3 is 0 Å². The Hall–Kier alpha value is -1.51. The van der Waals surface area contributed by atoms with Gasteiger partial charge in [0.25, 0.3) is 0 Å². The van der Waals surface area contributed by atoms with Gasteiger partial charge in [0.2, 0.25) is 0 Å². The molecule has 1 aromatic carbocycles. The molecule has 0 spiro atoms. The van der Waals surface area contributed by atoms with E-state index in [1.54, 1.807) is 7.05 Å². The summed E-state index contributed by atoms with van der Waals surface area (Å²) < 4.78 is 5.60. The molecule has 1 heterocycles. The molecule has 0 saturated carbocycles. The number of benzene rings is 1. The molecule has 1 aliphatic rings. The zero-order valence-corrected chi connectivity index (χ0v) is 7.53. The van der Waals surface area contributed by atoms with Crippen LogP contribution in [0.2, 0.25) is 0 Å². The first-order chi connectivity index (χ1) is 6.31. The Balaban J connectivity index is 2.23. The predicted molar refractivity (Wildman–Crippen MR) is 52.1 cm³/mol. The molecule has 3 heteroatoms. The second-order valence-corrected chi connectivity index (χ2v) is 3.07. The van der Waals surface area contributed by atoms with Crippen molar-refractivity contribution in [3.8, 4) is 5.75 Å². The molecule has 1 aliphatic heterocycles. The third-order valence-corrected chi connectivity index (χ3v) is 2.24. The monoisotopic (exact) mass is 176 g/mol. The molecule has 0 fully saturated rings. The maximum absolute atomic E-state index is 5.68. The fourth-order valence-corrected chi connectivity index (χ4v) is 1.49. The third kappa shape index (κ3) is 1.37. The van der Waals surface area contributed by atoms with Crippen molar-refractivity contribution in [2.45, 2.75) is 12.5 Å². The minimum absolute atomic E-state index is 0.0672. The largest absolute Gasteiger partial charge is 0.482 e. The first-order valence-electron chi connectivity index (χ1n) is 4.28. The molecule has 13 heavy (non-hydrogen) atoms. The van der Waals surface area contributed by atoms with Crippen molar-refractivity contribution in [1.29, 1.82) is 0 Å². The first-order valence-corrected chi connectivity index (χ1v) is 4.28. The van der Waals surface area contributed by atoms with Gasteiger partial charge < -0.3 is 10.5 Å². The van der Waals surface area contributed by atoms with Gasteiger partial charge in [0, 0.05) is 13.5 Å². The second kappa shape index (κ2) is 3.09. The summed E-state index contributed by atoms with van der Waals surface area (Å²) in [6.07, 6.45) is 0.765. The van der Waals surface area contributed by atoms with E-state index in [4.69, 9.17) is 10.5 Å². The van der Waals surface area contributed by atoms with Crippen molar-refractivity contribution in [2.24, 2.45) is 10.7 Å². The number of aliphatic imine (C=N–C) groups is 1. The summed E-state index contributed by atoms with van der Waals surface area (Å²) in [7, 11) is 1.68. The highest BCUT2D eigenvalue weighted by Gasteiger charge is 2.24. The molecule has 0 aliphatic carbocycles. The highest BCUT2D eigenvalue weighted by molar-refractivity contribution is 5.86. The van der Waals surface area contributed by atoms with Crippen LogP contribution in [0.4, 0.5) is 0 Å². The fraction of sp³-hybridized carbons (Fsp3) is 0.300. The zero-order chi connectivity index (χ0) is 9.26. The van der Waals surface area contributed by atoms with Gasteiger partial charge in [-0.25, -0.2) is 0 Å². The molecule has 68 valence electrons. The van der Waals surface area contributed by atoms with Crippen molar-refractivity contribution in [2.75, 3.05) is 7.05 Å². The van der Waals surface area contributed by atoms with E-state index >= 15 is 0 Å². The number of para-hydroxylation sites is 1. The van der Waals surface area contributed by atoms with Crippen LogP contribution in [-0.2, 0) is 6.42 Å². The number of hydrogen-bond donors (Lipinski definition) is 1. The van der Waals surface area contributed by atoms with Crippen molar-refractivity contribution in [1.82, 2.24) is 0 Å². The van der Waals surface area contributed by atoms with E-state index in [-0.39, 0.29) is 6.10 Å². The maximum Gasteiger partial charge on any atom is 0.159 e. The molecule has 1 atom stereocenters. The molecule has 2 N–H and O–H groups in total. The lowest BCUT2D eigenvalue weighted by atomic mass is 10.1. The molecule has 0 saturated heterocycles. The van der Waals surface area contributed by atoms with Gasteiger partial charge in [-0.05, 0) is 11.6 Å². The van der Waals surface area contributed by atoms with Crippen molar-refractivity contribution >= 4 is 5.84 Å². The van der Waals surface area contributed by atoms with Crippen LogP contribution in [0.25, 0.3) is 0 Å². The van der Waals surface area contributed by atoms with Gasteiger partial charge in [-0.3, -0.25) is 4.99 Å². The van der Waals surface area contributed by atoms with Gasteiger partial charge in [0.1, 0.15) is 11.6 Å². The zero-order valence-electron chi connectivity index (χ0n) is 7.53. The summed E-state index contributed by atoms with van der Waals surface area (Å²) in [5.74, 6) is 1.50. The van der Waals surface area contributed by atoms with E-state index < -0.39 is 0 Å². The molecule has 0 aromatic heterocycles. The smallest absolute Gasteiger partial charge is 0.159 e. The van der Waals surface area contributed by atoms with E-state index in [1.165, 1.54) is 5.56 Å². The normalized spacial score (nSPS) is 21.0. The van der Waals surface area contributed by atoms with Crippen LogP contribution in [0.5, 0.6) is 5.75 Å². The number of fused-ring (bicyclic) bond motifs is 1. The Morgan fingerprint density at radius 3 is 3.00 bits per heavy atom. The van der Waals surface area contributed by atoms with Crippen LogP contribution in [0, 0.1) is 0 Å². The van der Waals surface area contributed by atoms with Gasteiger partial charge in [-0.15, -0.1) is 0 Å². The molecule has 2 rings (SSSR count). The third-order valence-electron chi connectivity index (χ3n) is 2.24. The van der Waals surface area contributed by atoms with E-state index in [9.17, 15) is 0 Å². The molecule has 3 nitrogen and oxygen atoms in total. The molecular formula is C10H12N2O. The summed E-state index contributed by atoms with van der Waals surface area (Å²) in [5, 5.41) is 0. The minimum atomic E-state index is -0.0672. The molecule has 1 aromatic rings. The average Bonchev–Trinajstić information content (AvgIpc) is 2.59. The van der Waals surface area contributed by atoms with Crippen LogP contribution in [0.3, 0.4) is 0 Å². The van der Waals surface area contributed by atoms with E-state index in [1.807, 2.05) is 18.2 Å². The number of nitrogens with zero attached hydrogens (tertiary/aromatic N) is 1. The highest BCUT2D eigenvalue weighted by Crippen LogP contribution is 2.27.